The molecule has 88 valence electrons. The molecule has 0 unspecified atom stereocenters. The van der Waals surface area contributed by atoms with Crippen molar-refractivity contribution in [2.75, 3.05) is 5.32 Å². The maximum Gasteiger partial charge on any atom is 0.257 e. The van der Waals surface area contributed by atoms with E-state index >= 15 is 0 Å². The molecule has 0 aliphatic rings. The van der Waals surface area contributed by atoms with Crippen LogP contribution in [-0.2, 0) is 7.05 Å². The second kappa shape index (κ2) is 4.63. The maximum atomic E-state index is 12.0. The molecule has 4 heteroatoms. The van der Waals surface area contributed by atoms with Crippen LogP contribution in [0.15, 0.2) is 36.5 Å². The minimum atomic E-state index is -0.106. The van der Waals surface area contributed by atoms with Gasteiger partial charge in [0.25, 0.3) is 5.91 Å². The normalized spacial score (nSPS) is 10.3. The van der Waals surface area contributed by atoms with Gasteiger partial charge >= 0.3 is 0 Å². The van der Waals surface area contributed by atoms with Gasteiger partial charge in [-0.2, -0.15) is 0 Å². The first-order chi connectivity index (χ1) is 8.08. The van der Waals surface area contributed by atoms with Gasteiger partial charge in [-0.3, -0.25) is 4.79 Å². The Morgan fingerprint density at radius 2 is 1.88 bits per heavy atom. The van der Waals surface area contributed by atoms with Crippen molar-refractivity contribution in [1.29, 1.82) is 0 Å². The molecule has 1 N–H and O–H groups in total. The van der Waals surface area contributed by atoms with Crippen molar-refractivity contribution in [2.24, 2.45) is 7.05 Å². The lowest BCUT2D eigenvalue weighted by Gasteiger charge is -2.05. The van der Waals surface area contributed by atoms with Crippen molar-refractivity contribution < 1.29 is 4.79 Å². The van der Waals surface area contributed by atoms with Crippen molar-refractivity contribution >= 4 is 23.2 Å². The number of nitrogens with zero attached hydrogens (tertiary/aromatic N) is 1. The zero-order valence-electron chi connectivity index (χ0n) is 9.70. The zero-order valence-corrected chi connectivity index (χ0v) is 10.5. The highest BCUT2D eigenvalue weighted by atomic mass is 35.5. The number of carbonyl (C=O) groups is 1. The second-order valence-corrected chi connectivity index (χ2v) is 4.32. The first-order valence-electron chi connectivity index (χ1n) is 5.27. The van der Waals surface area contributed by atoms with E-state index in [4.69, 9.17) is 11.6 Å². The highest BCUT2D eigenvalue weighted by molar-refractivity contribution is 6.30. The molecule has 0 aliphatic carbocycles. The van der Waals surface area contributed by atoms with E-state index in [0.717, 1.165) is 11.4 Å². The second-order valence-electron chi connectivity index (χ2n) is 3.89. The van der Waals surface area contributed by atoms with Crippen molar-refractivity contribution in [1.82, 2.24) is 4.57 Å². The first-order valence-corrected chi connectivity index (χ1v) is 5.64. The molecule has 2 aromatic rings. The third kappa shape index (κ3) is 2.50. The SMILES string of the molecule is Cc1c(C(=O)Nc2ccc(Cl)cc2)ccn1C. The molecule has 1 heterocycles. The van der Waals surface area contributed by atoms with Gasteiger partial charge in [-0.05, 0) is 37.3 Å². The Balaban J connectivity index is 2.17. The predicted molar refractivity (Wildman–Crippen MR) is 69.6 cm³/mol. The Morgan fingerprint density at radius 3 is 2.41 bits per heavy atom. The monoisotopic (exact) mass is 248 g/mol. The number of benzene rings is 1. The largest absolute Gasteiger partial charge is 0.354 e. The van der Waals surface area contributed by atoms with E-state index in [9.17, 15) is 4.79 Å². The van der Waals surface area contributed by atoms with Crippen molar-refractivity contribution in [3.63, 3.8) is 0 Å². The van der Waals surface area contributed by atoms with E-state index in [-0.39, 0.29) is 5.91 Å². The number of anilines is 1. The molecule has 1 amide bonds. The number of hydrogen-bond donors (Lipinski definition) is 1. The summed E-state index contributed by atoms with van der Waals surface area (Å²) in [5.74, 6) is -0.106. The van der Waals surface area contributed by atoms with Gasteiger partial charge < -0.3 is 9.88 Å². The lowest BCUT2D eigenvalue weighted by Crippen LogP contribution is -2.12. The first kappa shape index (κ1) is 11.7. The third-order valence-corrected chi connectivity index (χ3v) is 2.98. The molecular formula is C13H13ClN2O. The molecule has 1 aromatic carbocycles. The van der Waals surface area contributed by atoms with Crippen molar-refractivity contribution in [3.8, 4) is 0 Å². The number of aromatic nitrogens is 1. The van der Waals surface area contributed by atoms with Crippen LogP contribution in [0.3, 0.4) is 0 Å². The van der Waals surface area contributed by atoms with Gasteiger partial charge in [0.1, 0.15) is 0 Å². The number of halogens is 1. The number of aryl methyl sites for hydroxylation is 1. The molecule has 0 radical (unpaired) electrons. The van der Waals surface area contributed by atoms with E-state index in [1.54, 1.807) is 30.3 Å². The molecule has 3 nitrogen and oxygen atoms in total. The summed E-state index contributed by atoms with van der Waals surface area (Å²) in [6.07, 6.45) is 1.87. The standard InChI is InChI=1S/C13H13ClN2O/c1-9-12(7-8-16(9)2)13(17)15-11-5-3-10(14)4-6-11/h3-8H,1-2H3,(H,15,17). The van der Waals surface area contributed by atoms with Crippen LogP contribution >= 0.6 is 11.6 Å². The molecule has 17 heavy (non-hydrogen) atoms. The average molecular weight is 249 g/mol. The van der Waals surface area contributed by atoms with Crippen LogP contribution in [0.2, 0.25) is 5.02 Å². The Bertz CT molecular complexity index is 543. The molecular weight excluding hydrogens is 236 g/mol. The van der Waals surface area contributed by atoms with Gasteiger partial charge in [-0.15, -0.1) is 0 Å². The molecule has 0 bridgehead atoms. The van der Waals surface area contributed by atoms with Gasteiger partial charge in [0.2, 0.25) is 0 Å². The van der Waals surface area contributed by atoms with E-state index < -0.39 is 0 Å². The minimum absolute atomic E-state index is 0.106. The third-order valence-electron chi connectivity index (χ3n) is 2.73. The van der Waals surface area contributed by atoms with Gasteiger partial charge in [0.05, 0.1) is 5.56 Å². The summed E-state index contributed by atoms with van der Waals surface area (Å²) in [6, 6.07) is 8.85. The molecule has 1 aromatic heterocycles. The molecule has 0 saturated heterocycles. The van der Waals surface area contributed by atoms with E-state index in [2.05, 4.69) is 5.32 Å². The van der Waals surface area contributed by atoms with Crippen molar-refractivity contribution in [3.05, 3.63) is 52.8 Å². The summed E-state index contributed by atoms with van der Waals surface area (Å²) in [6.45, 7) is 1.91. The summed E-state index contributed by atoms with van der Waals surface area (Å²) in [5.41, 5.74) is 2.36. The Labute approximate surface area is 105 Å². The van der Waals surface area contributed by atoms with Gasteiger partial charge in [-0.25, -0.2) is 0 Å². The van der Waals surface area contributed by atoms with Crippen LogP contribution in [0.5, 0.6) is 0 Å². The fourth-order valence-electron chi connectivity index (χ4n) is 1.58. The van der Waals surface area contributed by atoms with Gasteiger partial charge in [0.15, 0.2) is 0 Å². The smallest absolute Gasteiger partial charge is 0.257 e. The molecule has 0 spiro atoms. The minimum Gasteiger partial charge on any atom is -0.354 e. The topological polar surface area (TPSA) is 34.0 Å². The molecule has 2 rings (SSSR count). The summed E-state index contributed by atoms with van der Waals surface area (Å²) < 4.78 is 1.91. The highest BCUT2D eigenvalue weighted by Gasteiger charge is 2.11. The van der Waals surface area contributed by atoms with Crippen LogP contribution < -0.4 is 5.32 Å². The number of amides is 1. The lowest BCUT2D eigenvalue weighted by molar-refractivity contribution is 0.102. The maximum absolute atomic E-state index is 12.0. The Morgan fingerprint density at radius 1 is 1.24 bits per heavy atom. The van der Waals surface area contributed by atoms with Crippen LogP contribution in [0, 0.1) is 6.92 Å². The molecule has 0 atom stereocenters. The Hall–Kier alpha value is -1.74. The molecule has 0 aliphatic heterocycles. The van der Waals surface area contributed by atoms with Crippen LogP contribution in [0.25, 0.3) is 0 Å². The number of rotatable bonds is 2. The summed E-state index contributed by atoms with van der Waals surface area (Å²) >= 11 is 5.78. The van der Waals surface area contributed by atoms with E-state index in [0.29, 0.717) is 10.6 Å². The fourth-order valence-corrected chi connectivity index (χ4v) is 1.71. The number of carbonyl (C=O) groups excluding carboxylic acids is 1. The summed E-state index contributed by atoms with van der Waals surface area (Å²) in [7, 11) is 1.91. The fraction of sp³-hybridized carbons (Fsp3) is 0.154. The average Bonchev–Trinajstić information content (AvgIpc) is 2.63. The van der Waals surface area contributed by atoms with Gasteiger partial charge in [-0.1, -0.05) is 11.6 Å². The van der Waals surface area contributed by atoms with Crippen LogP contribution in [0.1, 0.15) is 16.1 Å². The van der Waals surface area contributed by atoms with E-state index in [1.165, 1.54) is 0 Å². The van der Waals surface area contributed by atoms with E-state index in [1.807, 2.05) is 24.7 Å². The summed E-state index contributed by atoms with van der Waals surface area (Å²) in [4.78, 5) is 12.0. The quantitative estimate of drug-likeness (QED) is 0.870. The number of nitrogens with one attached hydrogen (secondary N) is 1. The number of hydrogen-bond acceptors (Lipinski definition) is 1. The molecule has 0 fully saturated rings. The van der Waals surface area contributed by atoms with Crippen LogP contribution in [-0.4, -0.2) is 10.5 Å². The predicted octanol–water partition coefficient (Wildman–Crippen LogP) is 3.24. The lowest BCUT2D eigenvalue weighted by atomic mass is 10.2. The summed E-state index contributed by atoms with van der Waals surface area (Å²) in [5, 5.41) is 3.48. The highest BCUT2D eigenvalue weighted by Crippen LogP contribution is 2.15. The van der Waals surface area contributed by atoms with Crippen LogP contribution in [0.4, 0.5) is 5.69 Å². The molecule has 0 saturated carbocycles. The van der Waals surface area contributed by atoms with Gasteiger partial charge in [0, 0.05) is 29.6 Å². The zero-order chi connectivity index (χ0) is 12.4. The van der Waals surface area contributed by atoms with Crippen molar-refractivity contribution in [2.45, 2.75) is 6.92 Å². The Kier molecular flexibility index (Phi) is 3.20.